The van der Waals surface area contributed by atoms with Crippen molar-refractivity contribution in [2.75, 3.05) is 26.2 Å². The topological polar surface area (TPSA) is 52.7 Å². The first kappa shape index (κ1) is 19.0. The molecule has 2 heterocycles. The van der Waals surface area contributed by atoms with Crippen LogP contribution in [-0.2, 0) is 16.1 Å². The molecule has 0 bridgehead atoms. The first-order valence-corrected chi connectivity index (χ1v) is 8.53. The Labute approximate surface area is 153 Å². The number of halogens is 2. The quantitative estimate of drug-likeness (QED) is 0.881. The van der Waals surface area contributed by atoms with Crippen molar-refractivity contribution in [1.82, 2.24) is 15.1 Å². The van der Waals surface area contributed by atoms with Gasteiger partial charge >= 0.3 is 0 Å². The number of amides is 2. The summed E-state index contributed by atoms with van der Waals surface area (Å²) >= 11 is 5.88. The van der Waals surface area contributed by atoms with Crippen molar-refractivity contribution in [3.8, 4) is 0 Å². The molecule has 3 rings (SSSR count). The third-order valence-electron chi connectivity index (χ3n) is 4.54. The van der Waals surface area contributed by atoms with Crippen LogP contribution in [0.3, 0.4) is 0 Å². The molecular weight excluding hydrogens is 349 g/mol. The maximum atomic E-state index is 12.3. The van der Waals surface area contributed by atoms with E-state index in [4.69, 9.17) is 11.6 Å². The molecule has 0 radical (unpaired) electrons. The molecule has 132 valence electrons. The Bertz CT molecular complexity index is 574. The summed E-state index contributed by atoms with van der Waals surface area (Å²) in [6.45, 7) is 2.96. The van der Waals surface area contributed by atoms with Gasteiger partial charge in [0.05, 0.1) is 6.54 Å². The Hall–Kier alpha value is -1.30. The van der Waals surface area contributed by atoms with Crippen LogP contribution in [0.15, 0.2) is 24.3 Å². The molecule has 1 N–H and O–H groups in total. The van der Waals surface area contributed by atoms with Gasteiger partial charge in [-0.3, -0.25) is 9.59 Å². The van der Waals surface area contributed by atoms with Crippen molar-refractivity contribution < 1.29 is 9.59 Å². The molecule has 0 spiro atoms. The Kier molecular flexibility index (Phi) is 6.90. The van der Waals surface area contributed by atoms with E-state index >= 15 is 0 Å². The number of hydrogen-bond acceptors (Lipinski definition) is 3. The van der Waals surface area contributed by atoms with Crippen LogP contribution in [0.5, 0.6) is 0 Å². The highest BCUT2D eigenvalue weighted by atomic mass is 35.5. The zero-order valence-corrected chi connectivity index (χ0v) is 15.1. The molecule has 2 saturated heterocycles. The number of rotatable bonds is 4. The first-order valence-electron chi connectivity index (χ1n) is 8.15. The molecule has 5 nitrogen and oxygen atoms in total. The lowest BCUT2D eigenvalue weighted by atomic mass is 10.1. The highest BCUT2D eigenvalue weighted by Crippen LogP contribution is 2.15. The molecule has 2 amide bonds. The van der Waals surface area contributed by atoms with Crippen molar-refractivity contribution in [3.05, 3.63) is 34.9 Å². The summed E-state index contributed by atoms with van der Waals surface area (Å²) in [7, 11) is 0. The van der Waals surface area contributed by atoms with Crippen molar-refractivity contribution in [1.29, 1.82) is 0 Å². The van der Waals surface area contributed by atoms with Crippen LogP contribution in [0, 0.1) is 0 Å². The number of nitrogens with zero attached hydrogens (tertiary/aromatic N) is 2. The van der Waals surface area contributed by atoms with Crippen LogP contribution >= 0.6 is 24.0 Å². The normalized spacial score (nSPS) is 20.9. The van der Waals surface area contributed by atoms with E-state index < -0.39 is 0 Å². The Morgan fingerprint density at radius 2 is 2.00 bits per heavy atom. The Morgan fingerprint density at radius 3 is 2.62 bits per heavy atom. The highest BCUT2D eigenvalue weighted by Gasteiger charge is 2.28. The Morgan fingerprint density at radius 1 is 1.25 bits per heavy atom. The lowest BCUT2D eigenvalue weighted by Gasteiger charge is -2.35. The van der Waals surface area contributed by atoms with E-state index in [1.165, 1.54) is 0 Å². The van der Waals surface area contributed by atoms with Gasteiger partial charge in [0.15, 0.2) is 0 Å². The second-order valence-corrected chi connectivity index (χ2v) is 6.69. The summed E-state index contributed by atoms with van der Waals surface area (Å²) in [5.41, 5.74) is 1.05. The number of carbonyl (C=O) groups excluding carboxylic acids is 2. The van der Waals surface area contributed by atoms with Crippen molar-refractivity contribution in [2.24, 2.45) is 0 Å². The summed E-state index contributed by atoms with van der Waals surface area (Å²) in [5.74, 6) is 0.0998. The fourth-order valence-corrected chi connectivity index (χ4v) is 3.30. The second-order valence-electron chi connectivity index (χ2n) is 6.25. The summed E-state index contributed by atoms with van der Waals surface area (Å²) < 4.78 is 0. The van der Waals surface area contributed by atoms with Crippen molar-refractivity contribution >= 4 is 35.8 Å². The molecule has 1 unspecified atom stereocenters. The number of benzene rings is 1. The highest BCUT2D eigenvalue weighted by molar-refractivity contribution is 6.30. The van der Waals surface area contributed by atoms with Crippen molar-refractivity contribution in [2.45, 2.75) is 31.8 Å². The van der Waals surface area contributed by atoms with Gasteiger partial charge in [-0.2, -0.15) is 0 Å². The van der Waals surface area contributed by atoms with E-state index in [1.807, 2.05) is 24.3 Å². The SMILES string of the molecule is Cl.O=C(CC1CCCN1)N1CCN(Cc2ccc(Cl)cc2)C(=O)C1. The van der Waals surface area contributed by atoms with Gasteiger partial charge in [-0.05, 0) is 37.1 Å². The zero-order valence-electron chi connectivity index (χ0n) is 13.5. The van der Waals surface area contributed by atoms with Crippen LogP contribution in [0.25, 0.3) is 0 Å². The van der Waals surface area contributed by atoms with E-state index in [0.717, 1.165) is 24.9 Å². The second kappa shape index (κ2) is 8.70. The molecule has 2 aliphatic heterocycles. The van der Waals surface area contributed by atoms with Crippen molar-refractivity contribution in [3.63, 3.8) is 0 Å². The van der Waals surface area contributed by atoms with Gasteiger partial charge < -0.3 is 15.1 Å². The monoisotopic (exact) mass is 371 g/mol. The summed E-state index contributed by atoms with van der Waals surface area (Å²) in [5, 5.41) is 4.02. The van der Waals surface area contributed by atoms with Gasteiger partial charge in [0, 0.05) is 37.1 Å². The molecule has 0 aliphatic carbocycles. The molecule has 0 aromatic heterocycles. The van der Waals surface area contributed by atoms with E-state index in [0.29, 0.717) is 31.1 Å². The van der Waals surface area contributed by atoms with Crippen LogP contribution < -0.4 is 5.32 Å². The van der Waals surface area contributed by atoms with Gasteiger partial charge in [-0.15, -0.1) is 12.4 Å². The lowest BCUT2D eigenvalue weighted by molar-refractivity contribution is -0.145. The van der Waals surface area contributed by atoms with E-state index in [-0.39, 0.29) is 36.8 Å². The maximum Gasteiger partial charge on any atom is 0.242 e. The fourth-order valence-electron chi connectivity index (χ4n) is 3.17. The summed E-state index contributed by atoms with van der Waals surface area (Å²) in [4.78, 5) is 28.1. The largest absolute Gasteiger partial charge is 0.335 e. The van der Waals surface area contributed by atoms with Gasteiger partial charge in [0.1, 0.15) is 0 Å². The minimum absolute atomic E-state index is 0. The van der Waals surface area contributed by atoms with Crippen LogP contribution in [0.1, 0.15) is 24.8 Å². The Balaban J connectivity index is 0.00000208. The van der Waals surface area contributed by atoms with Gasteiger partial charge in [-0.1, -0.05) is 23.7 Å². The van der Waals surface area contributed by atoms with Gasteiger partial charge in [0.2, 0.25) is 11.8 Å². The lowest BCUT2D eigenvalue weighted by Crippen LogP contribution is -2.52. The average molecular weight is 372 g/mol. The molecule has 7 heteroatoms. The van der Waals surface area contributed by atoms with Crippen LogP contribution in [0.4, 0.5) is 0 Å². The predicted molar refractivity (Wildman–Crippen MR) is 96.3 cm³/mol. The molecule has 1 aromatic carbocycles. The molecule has 1 aromatic rings. The molecule has 24 heavy (non-hydrogen) atoms. The molecule has 2 fully saturated rings. The van der Waals surface area contributed by atoms with E-state index in [2.05, 4.69) is 5.32 Å². The molecule has 2 aliphatic rings. The van der Waals surface area contributed by atoms with Gasteiger partial charge in [0.25, 0.3) is 0 Å². The third kappa shape index (κ3) is 4.85. The molecular formula is C17H23Cl2N3O2. The maximum absolute atomic E-state index is 12.3. The zero-order chi connectivity index (χ0) is 16.2. The average Bonchev–Trinajstić information content (AvgIpc) is 3.04. The van der Waals surface area contributed by atoms with E-state index in [9.17, 15) is 9.59 Å². The summed E-state index contributed by atoms with van der Waals surface area (Å²) in [6.07, 6.45) is 2.69. The fraction of sp³-hybridized carbons (Fsp3) is 0.529. The summed E-state index contributed by atoms with van der Waals surface area (Å²) in [6, 6.07) is 7.80. The smallest absolute Gasteiger partial charge is 0.242 e. The minimum Gasteiger partial charge on any atom is -0.335 e. The standard InChI is InChI=1S/C17H22ClN3O2.ClH/c18-14-5-3-13(4-6-14)11-20-8-9-21(12-17(20)23)16(22)10-15-2-1-7-19-15;/h3-6,15,19H,1-2,7-12H2;1H. The van der Waals surface area contributed by atoms with E-state index in [1.54, 1.807) is 9.80 Å². The predicted octanol–water partition coefficient (Wildman–Crippen LogP) is 2.07. The molecule has 0 saturated carbocycles. The minimum atomic E-state index is 0. The van der Waals surface area contributed by atoms with Crippen LogP contribution in [0.2, 0.25) is 5.02 Å². The number of carbonyl (C=O) groups is 2. The first-order chi connectivity index (χ1) is 11.1. The number of piperazine rings is 1. The van der Waals surface area contributed by atoms with Crippen LogP contribution in [-0.4, -0.2) is 53.8 Å². The molecule has 1 atom stereocenters. The number of nitrogens with one attached hydrogen (secondary N) is 1. The van der Waals surface area contributed by atoms with Gasteiger partial charge in [-0.25, -0.2) is 0 Å². The third-order valence-corrected chi connectivity index (χ3v) is 4.79. The number of hydrogen-bond donors (Lipinski definition) is 1.